The number of nitrogens with one attached hydrogen (secondary N) is 2. The van der Waals surface area contributed by atoms with Gasteiger partial charge >= 0.3 is 0 Å². The second-order valence-electron chi connectivity index (χ2n) is 12.4. The van der Waals surface area contributed by atoms with Gasteiger partial charge in [0.05, 0.1) is 33.5 Å². The summed E-state index contributed by atoms with van der Waals surface area (Å²) in [6.45, 7) is 10.5. The minimum absolute atomic E-state index is 0.0208. The first-order valence-corrected chi connectivity index (χ1v) is 15.4. The third kappa shape index (κ3) is 5.07. The van der Waals surface area contributed by atoms with Crippen LogP contribution >= 0.6 is 0 Å². The topological polar surface area (TPSA) is 99.3 Å². The average molecular weight is 569 g/mol. The van der Waals surface area contributed by atoms with E-state index in [1.165, 1.54) is 51.9 Å². The summed E-state index contributed by atoms with van der Waals surface area (Å²) in [6.07, 6.45) is 8.59. The average Bonchev–Trinajstić information content (AvgIpc) is 3.53. The van der Waals surface area contributed by atoms with Gasteiger partial charge in [-0.05, 0) is 102 Å². The number of aromatic nitrogens is 4. The first kappa shape index (κ1) is 27.1. The van der Waals surface area contributed by atoms with Crippen molar-refractivity contribution in [2.24, 2.45) is 11.8 Å². The lowest BCUT2D eigenvalue weighted by Crippen LogP contribution is -2.57. The first-order valence-electron chi connectivity index (χ1n) is 15.4. The molecule has 0 aromatic carbocycles. The van der Waals surface area contributed by atoms with Crippen LogP contribution in [0.5, 0.6) is 0 Å². The van der Waals surface area contributed by atoms with E-state index in [2.05, 4.69) is 30.6 Å². The predicted octanol–water partition coefficient (Wildman–Crippen LogP) is 2.93. The molecule has 6 fully saturated rings. The van der Waals surface area contributed by atoms with Crippen LogP contribution in [0.25, 0.3) is 11.0 Å². The molecule has 4 aromatic rings. The van der Waals surface area contributed by atoms with Gasteiger partial charge < -0.3 is 20.4 Å². The highest BCUT2D eigenvalue weighted by Crippen LogP contribution is 2.29. The number of piperidine rings is 6. The SMILES string of the molecule is Cc1nn2ccccc2c1C(=O)NC1CN2CCC1CC2.Cc1nn2ccccc2c1C(=O)NC1CN2CCC1CC2. The Morgan fingerprint density at radius 3 is 1.43 bits per heavy atom. The number of fused-ring (bicyclic) bond motifs is 8. The Bertz CT molecular complexity index is 1490. The van der Waals surface area contributed by atoms with Gasteiger partial charge in [0.2, 0.25) is 0 Å². The number of amides is 2. The van der Waals surface area contributed by atoms with Gasteiger partial charge in [-0.15, -0.1) is 0 Å². The molecule has 4 aromatic heterocycles. The van der Waals surface area contributed by atoms with E-state index in [-0.39, 0.29) is 23.9 Å². The van der Waals surface area contributed by atoms with Crippen molar-refractivity contribution in [3.8, 4) is 0 Å². The maximum Gasteiger partial charge on any atom is 0.255 e. The lowest BCUT2D eigenvalue weighted by atomic mass is 9.84. The van der Waals surface area contributed by atoms with Crippen LogP contribution in [-0.4, -0.2) is 92.2 Å². The summed E-state index contributed by atoms with van der Waals surface area (Å²) in [5.74, 6) is 1.32. The number of aryl methyl sites for hydroxylation is 2. The minimum Gasteiger partial charge on any atom is -0.348 e. The largest absolute Gasteiger partial charge is 0.348 e. The molecule has 10 heteroatoms. The normalized spacial score (nSPS) is 28.0. The summed E-state index contributed by atoms with van der Waals surface area (Å²) in [5, 5.41) is 15.3. The van der Waals surface area contributed by atoms with Gasteiger partial charge in [0.1, 0.15) is 0 Å². The first-order chi connectivity index (χ1) is 20.4. The summed E-state index contributed by atoms with van der Waals surface area (Å²) in [6, 6.07) is 12.2. The van der Waals surface area contributed by atoms with Crippen molar-refractivity contribution < 1.29 is 9.59 Å². The fourth-order valence-corrected chi connectivity index (χ4v) is 7.53. The molecule has 6 aliphatic heterocycles. The molecular weight excluding hydrogens is 528 g/mol. The predicted molar refractivity (Wildman–Crippen MR) is 161 cm³/mol. The minimum atomic E-state index is 0.0208. The van der Waals surface area contributed by atoms with E-state index in [0.717, 1.165) is 35.5 Å². The van der Waals surface area contributed by atoms with Gasteiger partial charge in [-0.1, -0.05) is 12.1 Å². The Labute approximate surface area is 246 Å². The highest BCUT2D eigenvalue weighted by atomic mass is 16.2. The van der Waals surface area contributed by atoms with Crippen LogP contribution in [0.4, 0.5) is 0 Å². The third-order valence-electron chi connectivity index (χ3n) is 9.83. The summed E-state index contributed by atoms with van der Waals surface area (Å²) in [5.41, 5.74) is 4.78. The molecule has 10 nitrogen and oxygen atoms in total. The van der Waals surface area contributed by atoms with Gasteiger partial charge in [-0.2, -0.15) is 10.2 Å². The molecule has 4 bridgehead atoms. The molecule has 2 N–H and O–H groups in total. The summed E-state index contributed by atoms with van der Waals surface area (Å²) >= 11 is 0. The number of carbonyl (C=O) groups is 2. The van der Waals surface area contributed by atoms with Crippen LogP contribution in [0.3, 0.4) is 0 Å². The quantitative estimate of drug-likeness (QED) is 0.393. The zero-order valence-corrected chi connectivity index (χ0v) is 24.5. The van der Waals surface area contributed by atoms with Crippen LogP contribution in [0, 0.1) is 25.7 Å². The Morgan fingerprint density at radius 2 is 1.07 bits per heavy atom. The number of hydrogen-bond donors (Lipinski definition) is 2. The number of pyridine rings is 2. The molecule has 2 unspecified atom stereocenters. The third-order valence-corrected chi connectivity index (χ3v) is 9.83. The lowest BCUT2D eigenvalue weighted by molar-refractivity contribution is 0.0617. The molecular formula is C32H40N8O2. The maximum atomic E-state index is 12.7. The fourth-order valence-electron chi connectivity index (χ4n) is 7.53. The molecule has 6 aliphatic rings. The Hall–Kier alpha value is -3.76. The Balaban J connectivity index is 0.000000137. The van der Waals surface area contributed by atoms with Crippen molar-refractivity contribution >= 4 is 22.8 Å². The van der Waals surface area contributed by atoms with Gasteiger partial charge in [0, 0.05) is 37.6 Å². The van der Waals surface area contributed by atoms with Crippen molar-refractivity contribution in [1.29, 1.82) is 0 Å². The zero-order valence-electron chi connectivity index (χ0n) is 24.5. The van der Waals surface area contributed by atoms with E-state index in [9.17, 15) is 9.59 Å². The molecule has 2 atom stereocenters. The van der Waals surface area contributed by atoms with Gasteiger partial charge in [-0.25, -0.2) is 9.03 Å². The van der Waals surface area contributed by atoms with Crippen molar-refractivity contribution in [2.75, 3.05) is 39.3 Å². The van der Waals surface area contributed by atoms with Crippen LogP contribution in [0.1, 0.15) is 57.8 Å². The number of hydrogen-bond acceptors (Lipinski definition) is 6. The molecule has 220 valence electrons. The standard InChI is InChI=1S/2C16H20N4O/c2*1-11-15(14-4-2-3-7-20(14)18-11)16(21)17-13-10-19-8-5-12(13)6-9-19/h2*2-4,7,12-13H,5-6,8-10H2,1H3,(H,17,21). The summed E-state index contributed by atoms with van der Waals surface area (Å²) in [7, 11) is 0. The van der Waals surface area contributed by atoms with E-state index in [0.29, 0.717) is 23.0 Å². The molecule has 0 aliphatic carbocycles. The monoisotopic (exact) mass is 568 g/mol. The maximum absolute atomic E-state index is 12.7. The van der Waals surface area contributed by atoms with E-state index in [1.54, 1.807) is 9.03 Å². The Kier molecular flexibility index (Phi) is 7.19. The van der Waals surface area contributed by atoms with Gasteiger partial charge in [-0.3, -0.25) is 9.59 Å². The van der Waals surface area contributed by atoms with Crippen LogP contribution in [0.2, 0.25) is 0 Å². The smallest absolute Gasteiger partial charge is 0.255 e. The molecule has 10 rings (SSSR count). The van der Waals surface area contributed by atoms with E-state index in [4.69, 9.17) is 0 Å². The molecule has 0 radical (unpaired) electrons. The van der Waals surface area contributed by atoms with Gasteiger partial charge in [0.25, 0.3) is 11.8 Å². The van der Waals surface area contributed by atoms with E-state index < -0.39 is 0 Å². The van der Waals surface area contributed by atoms with Crippen LogP contribution in [0.15, 0.2) is 48.8 Å². The fraction of sp³-hybridized carbons (Fsp3) is 0.500. The van der Waals surface area contributed by atoms with Crippen molar-refractivity contribution in [3.63, 3.8) is 0 Å². The number of carbonyl (C=O) groups excluding carboxylic acids is 2. The molecule has 42 heavy (non-hydrogen) atoms. The summed E-state index contributed by atoms with van der Waals surface area (Å²) < 4.78 is 3.56. The molecule has 10 heterocycles. The molecule has 6 saturated heterocycles. The van der Waals surface area contributed by atoms with Crippen LogP contribution < -0.4 is 10.6 Å². The van der Waals surface area contributed by atoms with E-state index >= 15 is 0 Å². The zero-order chi connectivity index (χ0) is 28.8. The Morgan fingerprint density at radius 1 is 0.667 bits per heavy atom. The highest BCUT2D eigenvalue weighted by Gasteiger charge is 2.36. The van der Waals surface area contributed by atoms with Crippen molar-refractivity contribution in [2.45, 2.75) is 51.6 Å². The number of nitrogens with zero attached hydrogens (tertiary/aromatic N) is 6. The van der Waals surface area contributed by atoms with Crippen LogP contribution in [-0.2, 0) is 0 Å². The second kappa shape index (κ2) is 11.1. The molecule has 0 saturated carbocycles. The van der Waals surface area contributed by atoms with Gasteiger partial charge in [0.15, 0.2) is 0 Å². The summed E-state index contributed by atoms with van der Waals surface area (Å²) in [4.78, 5) is 30.3. The second-order valence-corrected chi connectivity index (χ2v) is 12.4. The highest BCUT2D eigenvalue weighted by molar-refractivity contribution is 6.02. The molecule has 0 spiro atoms. The van der Waals surface area contributed by atoms with E-state index in [1.807, 2.05) is 62.6 Å². The number of rotatable bonds is 4. The van der Waals surface area contributed by atoms with Crippen molar-refractivity contribution in [1.82, 2.24) is 39.7 Å². The van der Waals surface area contributed by atoms with Crippen molar-refractivity contribution in [3.05, 3.63) is 71.3 Å². The lowest BCUT2D eigenvalue weighted by Gasteiger charge is -2.44. The molecule has 2 amide bonds.